The van der Waals surface area contributed by atoms with Crippen LogP contribution in [0.3, 0.4) is 0 Å². The summed E-state index contributed by atoms with van der Waals surface area (Å²) in [6, 6.07) is 6.57. The van der Waals surface area contributed by atoms with Crippen molar-refractivity contribution in [3.8, 4) is 0 Å². The van der Waals surface area contributed by atoms with E-state index < -0.39 is 29.0 Å². The summed E-state index contributed by atoms with van der Waals surface area (Å²) in [6.07, 6.45) is 4.37. The molecule has 2 fully saturated rings. The first kappa shape index (κ1) is 24.5. The number of aliphatic hydroxyl groups is 2. The smallest absolute Gasteiger partial charge is 0.254 e. The molecule has 1 saturated carbocycles. The molecule has 4 rings (SSSR count). The Morgan fingerprint density at radius 2 is 1.82 bits per heavy atom. The molecule has 178 valence electrons. The molecule has 1 saturated heterocycles. The fourth-order valence-electron chi connectivity index (χ4n) is 4.94. The largest absolute Gasteiger partial charge is 0.393 e. The Kier molecular flexibility index (Phi) is 7.35. The van der Waals surface area contributed by atoms with Crippen molar-refractivity contribution in [2.45, 2.75) is 56.7 Å². The van der Waals surface area contributed by atoms with Gasteiger partial charge in [0.15, 0.2) is 11.6 Å². The summed E-state index contributed by atoms with van der Waals surface area (Å²) in [5, 5.41) is 20.9. The van der Waals surface area contributed by atoms with Crippen molar-refractivity contribution < 1.29 is 28.2 Å². The molecule has 2 aliphatic rings. The molecule has 8 heteroatoms. The second-order valence-electron chi connectivity index (χ2n) is 9.34. The lowest BCUT2D eigenvalue weighted by Gasteiger charge is -2.47. The van der Waals surface area contributed by atoms with Gasteiger partial charge in [-0.25, -0.2) is 13.2 Å². The van der Waals surface area contributed by atoms with Crippen LogP contribution in [0.15, 0.2) is 30.3 Å². The number of aliphatic hydroxyl groups excluding tert-OH is 1. The Morgan fingerprint density at radius 3 is 2.52 bits per heavy atom. The van der Waals surface area contributed by atoms with Gasteiger partial charge in [0.05, 0.1) is 24.8 Å². The minimum absolute atomic E-state index is 0.0309. The third-order valence-electron chi connectivity index (χ3n) is 6.92. The van der Waals surface area contributed by atoms with E-state index >= 15 is 0 Å². The second-order valence-corrected chi connectivity index (χ2v) is 10.6. The summed E-state index contributed by atoms with van der Waals surface area (Å²) in [4.78, 5) is 14.5. The van der Waals surface area contributed by atoms with Gasteiger partial charge in [-0.1, -0.05) is 18.9 Å². The summed E-state index contributed by atoms with van der Waals surface area (Å²) in [5.41, 5.74) is -1.11. The van der Waals surface area contributed by atoms with E-state index in [2.05, 4.69) is 0 Å². The molecule has 1 aliphatic heterocycles. The topological polar surface area (TPSA) is 60.8 Å². The SMILES string of the molecule is O=C(c1ccc(F)c(F)c1Cc1ccc(I)cc1F)N1CC(O)(CCC2CCCCC2O)C1. The molecular formula is C25H27F3INO3. The summed E-state index contributed by atoms with van der Waals surface area (Å²) in [6.45, 7) is 0.177. The Labute approximate surface area is 204 Å². The Morgan fingerprint density at radius 1 is 1.09 bits per heavy atom. The van der Waals surface area contributed by atoms with Gasteiger partial charge in [0.2, 0.25) is 0 Å². The van der Waals surface area contributed by atoms with Crippen molar-refractivity contribution in [3.05, 3.63) is 68.0 Å². The van der Waals surface area contributed by atoms with Crippen LogP contribution in [-0.2, 0) is 6.42 Å². The Balaban J connectivity index is 1.46. The van der Waals surface area contributed by atoms with Gasteiger partial charge in [-0.3, -0.25) is 4.79 Å². The van der Waals surface area contributed by atoms with Crippen LogP contribution >= 0.6 is 22.6 Å². The number of halogens is 4. The van der Waals surface area contributed by atoms with E-state index in [9.17, 15) is 28.2 Å². The maximum Gasteiger partial charge on any atom is 0.254 e. The second kappa shape index (κ2) is 9.92. The van der Waals surface area contributed by atoms with Crippen LogP contribution in [0.25, 0.3) is 0 Å². The zero-order chi connectivity index (χ0) is 23.8. The van der Waals surface area contributed by atoms with Crippen molar-refractivity contribution >= 4 is 28.5 Å². The molecule has 0 radical (unpaired) electrons. The zero-order valence-electron chi connectivity index (χ0n) is 18.2. The molecule has 1 amide bonds. The average molecular weight is 573 g/mol. The molecule has 0 bridgehead atoms. The van der Waals surface area contributed by atoms with Crippen molar-refractivity contribution in [2.75, 3.05) is 13.1 Å². The molecule has 2 aromatic rings. The van der Waals surface area contributed by atoms with Crippen LogP contribution in [0.1, 0.15) is 60.0 Å². The van der Waals surface area contributed by atoms with Gasteiger partial charge in [0.1, 0.15) is 5.82 Å². The van der Waals surface area contributed by atoms with Crippen LogP contribution in [0.4, 0.5) is 13.2 Å². The first-order valence-electron chi connectivity index (χ1n) is 11.3. The van der Waals surface area contributed by atoms with Crippen LogP contribution in [0.2, 0.25) is 0 Å². The molecule has 2 aromatic carbocycles. The van der Waals surface area contributed by atoms with Crippen molar-refractivity contribution in [1.29, 1.82) is 0 Å². The summed E-state index contributed by atoms with van der Waals surface area (Å²) in [5.74, 6) is -3.17. The van der Waals surface area contributed by atoms with E-state index in [1.807, 2.05) is 22.6 Å². The number of rotatable bonds is 6. The minimum atomic E-state index is -1.17. The summed E-state index contributed by atoms with van der Waals surface area (Å²) in [7, 11) is 0. The molecule has 33 heavy (non-hydrogen) atoms. The van der Waals surface area contributed by atoms with E-state index in [1.54, 1.807) is 6.07 Å². The Bertz CT molecular complexity index is 1040. The zero-order valence-corrected chi connectivity index (χ0v) is 20.3. The predicted octanol–water partition coefficient (Wildman–Crippen LogP) is 4.82. The highest BCUT2D eigenvalue weighted by Gasteiger charge is 2.44. The van der Waals surface area contributed by atoms with Crippen molar-refractivity contribution in [3.63, 3.8) is 0 Å². The third kappa shape index (κ3) is 5.38. The predicted molar refractivity (Wildman–Crippen MR) is 126 cm³/mol. The maximum atomic E-state index is 14.7. The Hall–Kier alpha value is -1.65. The van der Waals surface area contributed by atoms with Crippen LogP contribution < -0.4 is 0 Å². The molecule has 2 N–H and O–H groups in total. The molecular weight excluding hydrogens is 546 g/mol. The summed E-state index contributed by atoms with van der Waals surface area (Å²) >= 11 is 1.96. The maximum absolute atomic E-state index is 14.7. The van der Waals surface area contributed by atoms with Gasteiger partial charge in [0.25, 0.3) is 5.91 Å². The standard InChI is InChI=1S/C25H27F3INO3/c26-20-8-7-18(19(23(20)28)11-16-5-6-17(29)12-21(16)27)24(32)30-13-25(33,14-30)10-9-15-3-1-2-4-22(15)31/h5-8,12,15,22,31,33H,1-4,9-11,13-14H2. The molecule has 2 atom stereocenters. The van der Waals surface area contributed by atoms with E-state index in [4.69, 9.17) is 0 Å². The molecule has 0 spiro atoms. The molecule has 1 heterocycles. The van der Waals surface area contributed by atoms with Crippen LogP contribution in [0, 0.1) is 26.9 Å². The number of hydrogen-bond donors (Lipinski definition) is 2. The van der Waals surface area contributed by atoms with Gasteiger partial charge in [-0.15, -0.1) is 0 Å². The third-order valence-corrected chi connectivity index (χ3v) is 7.59. The lowest BCUT2D eigenvalue weighted by atomic mass is 9.79. The number of carbonyl (C=O) groups is 1. The van der Waals surface area contributed by atoms with E-state index in [0.29, 0.717) is 16.4 Å². The number of nitrogens with zero attached hydrogens (tertiary/aromatic N) is 1. The first-order valence-corrected chi connectivity index (χ1v) is 12.4. The average Bonchev–Trinajstić information content (AvgIpc) is 2.76. The normalized spacial score (nSPS) is 22.2. The lowest BCUT2D eigenvalue weighted by Crippen LogP contribution is -2.63. The van der Waals surface area contributed by atoms with Gasteiger partial charge >= 0.3 is 0 Å². The number of likely N-dealkylation sites (tertiary alicyclic amines) is 1. The minimum Gasteiger partial charge on any atom is -0.393 e. The van der Waals surface area contributed by atoms with Gasteiger partial charge in [-0.05, 0) is 84.0 Å². The highest BCUT2D eigenvalue weighted by molar-refractivity contribution is 14.1. The highest BCUT2D eigenvalue weighted by Crippen LogP contribution is 2.34. The van der Waals surface area contributed by atoms with Gasteiger partial charge in [-0.2, -0.15) is 0 Å². The number of benzene rings is 2. The fraction of sp³-hybridized carbons (Fsp3) is 0.480. The van der Waals surface area contributed by atoms with E-state index in [-0.39, 0.29) is 48.2 Å². The van der Waals surface area contributed by atoms with E-state index in [1.165, 1.54) is 23.1 Å². The summed E-state index contributed by atoms with van der Waals surface area (Å²) < 4.78 is 43.6. The monoisotopic (exact) mass is 573 g/mol. The molecule has 2 unspecified atom stereocenters. The molecule has 0 aromatic heterocycles. The van der Waals surface area contributed by atoms with Gasteiger partial charge in [0, 0.05) is 21.1 Å². The highest BCUT2D eigenvalue weighted by atomic mass is 127. The van der Waals surface area contributed by atoms with Crippen molar-refractivity contribution in [2.24, 2.45) is 5.92 Å². The lowest BCUT2D eigenvalue weighted by molar-refractivity contribution is -0.0922. The van der Waals surface area contributed by atoms with Crippen LogP contribution in [0.5, 0.6) is 0 Å². The number of hydrogen-bond acceptors (Lipinski definition) is 3. The quantitative estimate of drug-likeness (QED) is 0.488. The number of carbonyl (C=O) groups excluding carboxylic acids is 1. The first-order chi connectivity index (χ1) is 15.7. The van der Waals surface area contributed by atoms with Crippen molar-refractivity contribution in [1.82, 2.24) is 4.90 Å². The molecule has 1 aliphatic carbocycles. The number of β-amino-alcohol motifs (C(OH)–C–C–N with tert-alkyl or cyclic N) is 1. The molecule has 4 nitrogen and oxygen atoms in total. The van der Waals surface area contributed by atoms with E-state index in [0.717, 1.165) is 31.7 Å². The number of amides is 1. The fourth-order valence-corrected chi connectivity index (χ4v) is 5.39. The van der Waals surface area contributed by atoms with Gasteiger partial charge < -0.3 is 15.1 Å². The van der Waals surface area contributed by atoms with Crippen LogP contribution in [-0.4, -0.2) is 45.8 Å².